The van der Waals surface area contributed by atoms with Crippen molar-refractivity contribution < 1.29 is 14.0 Å². The van der Waals surface area contributed by atoms with Crippen molar-refractivity contribution in [3.63, 3.8) is 0 Å². The lowest BCUT2D eigenvalue weighted by Gasteiger charge is -2.15. The first-order valence-electron chi connectivity index (χ1n) is 11.0. The van der Waals surface area contributed by atoms with Gasteiger partial charge in [-0.15, -0.1) is 0 Å². The third-order valence-corrected chi connectivity index (χ3v) is 5.39. The van der Waals surface area contributed by atoms with Crippen molar-refractivity contribution in [1.29, 1.82) is 0 Å². The summed E-state index contributed by atoms with van der Waals surface area (Å²) >= 11 is 0. The van der Waals surface area contributed by atoms with E-state index in [1.807, 2.05) is 48.5 Å². The number of carbonyl (C=O) groups is 2. The van der Waals surface area contributed by atoms with E-state index in [4.69, 9.17) is 0 Å². The number of hydrogen-bond donors (Lipinski definition) is 2. The maximum Gasteiger partial charge on any atom is 0.221 e. The van der Waals surface area contributed by atoms with E-state index in [1.165, 1.54) is 19.1 Å². The first-order valence-corrected chi connectivity index (χ1v) is 11.0. The molecule has 2 N–H and O–H groups in total. The lowest BCUT2D eigenvalue weighted by molar-refractivity contribution is -0.121. The molecule has 0 saturated heterocycles. The summed E-state index contributed by atoms with van der Waals surface area (Å²) < 4.78 is 15.6. The summed E-state index contributed by atoms with van der Waals surface area (Å²) in [7, 11) is 0. The molecule has 0 radical (unpaired) electrons. The van der Waals surface area contributed by atoms with Gasteiger partial charge in [-0.1, -0.05) is 0 Å². The van der Waals surface area contributed by atoms with Crippen molar-refractivity contribution >= 4 is 17.5 Å². The highest BCUT2D eigenvalue weighted by Crippen LogP contribution is 2.28. The van der Waals surface area contributed by atoms with Crippen LogP contribution in [0.3, 0.4) is 0 Å². The molecule has 2 heterocycles. The van der Waals surface area contributed by atoms with Crippen LogP contribution in [0.15, 0.2) is 85.2 Å². The molecule has 0 aliphatic carbocycles. The Morgan fingerprint density at radius 1 is 0.912 bits per heavy atom. The zero-order chi connectivity index (χ0) is 23.9. The molecule has 0 atom stereocenters. The summed E-state index contributed by atoms with van der Waals surface area (Å²) in [5.41, 5.74) is 5.27. The minimum absolute atomic E-state index is 0.0473. The van der Waals surface area contributed by atoms with Gasteiger partial charge >= 0.3 is 0 Å². The van der Waals surface area contributed by atoms with Gasteiger partial charge in [0.2, 0.25) is 11.8 Å². The predicted octanol–water partition coefficient (Wildman–Crippen LogP) is 4.89. The molecule has 0 unspecified atom stereocenters. The van der Waals surface area contributed by atoms with E-state index in [-0.39, 0.29) is 17.6 Å². The van der Waals surface area contributed by atoms with E-state index in [0.29, 0.717) is 25.1 Å². The number of nitrogens with one attached hydrogen (secondary N) is 2. The van der Waals surface area contributed by atoms with Crippen molar-refractivity contribution in [2.45, 2.75) is 26.3 Å². The van der Waals surface area contributed by atoms with Crippen LogP contribution in [0, 0.1) is 5.82 Å². The lowest BCUT2D eigenvalue weighted by Crippen LogP contribution is -2.23. The van der Waals surface area contributed by atoms with Gasteiger partial charge in [0.25, 0.3) is 0 Å². The summed E-state index contributed by atoms with van der Waals surface area (Å²) in [6, 6.07) is 21.5. The molecule has 0 fully saturated rings. The van der Waals surface area contributed by atoms with E-state index < -0.39 is 0 Å². The van der Waals surface area contributed by atoms with Crippen LogP contribution in [0.5, 0.6) is 0 Å². The van der Waals surface area contributed by atoms with E-state index in [9.17, 15) is 14.0 Å². The molecule has 0 saturated carbocycles. The number of hydrogen-bond acceptors (Lipinski definition) is 3. The van der Waals surface area contributed by atoms with Gasteiger partial charge in [0.15, 0.2) is 0 Å². The zero-order valence-electron chi connectivity index (χ0n) is 18.8. The maximum absolute atomic E-state index is 13.5. The Labute approximate surface area is 197 Å². The van der Waals surface area contributed by atoms with Crippen LogP contribution in [0.4, 0.5) is 10.1 Å². The minimum atomic E-state index is -0.299. The van der Waals surface area contributed by atoms with Crippen molar-refractivity contribution in [2.75, 3.05) is 5.32 Å². The van der Waals surface area contributed by atoms with E-state index in [0.717, 1.165) is 28.2 Å². The third kappa shape index (κ3) is 5.75. The summed E-state index contributed by atoms with van der Waals surface area (Å²) in [5.74, 6) is -0.485. The number of pyridine rings is 1. The number of nitrogens with zero attached hydrogens (tertiary/aromatic N) is 2. The van der Waals surface area contributed by atoms with E-state index in [2.05, 4.69) is 20.2 Å². The number of anilines is 1. The molecule has 172 valence electrons. The van der Waals surface area contributed by atoms with Crippen LogP contribution < -0.4 is 10.6 Å². The molecule has 6 nitrogen and oxygen atoms in total. The third-order valence-electron chi connectivity index (χ3n) is 5.39. The average molecular weight is 457 g/mol. The smallest absolute Gasteiger partial charge is 0.221 e. The summed E-state index contributed by atoms with van der Waals surface area (Å²) in [5, 5.41) is 5.71. The highest BCUT2D eigenvalue weighted by molar-refractivity contribution is 5.88. The average Bonchev–Trinajstić information content (AvgIpc) is 3.26. The quantitative estimate of drug-likeness (QED) is 0.397. The van der Waals surface area contributed by atoms with Gasteiger partial charge in [0.05, 0.1) is 5.69 Å². The molecule has 0 aliphatic heterocycles. The normalized spacial score (nSPS) is 10.6. The Balaban J connectivity index is 1.56. The molecule has 4 rings (SSSR count). The van der Waals surface area contributed by atoms with Gasteiger partial charge in [0, 0.05) is 49.4 Å². The lowest BCUT2D eigenvalue weighted by atomic mass is 10.1. The second-order valence-electron chi connectivity index (χ2n) is 7.91. The van der Waals surface area contributed by atoms with Gasteiger partial charge < -0.3 is 15.2 Å². The second-order valence-corrected chi connectivity index (χ2v) is 7.91. The summed E-state index contributed by atoms with van der Waals surface area (Å²) in [6.07, 6.45) is 4.24. The maximum atomic E-state index is 13.5. The van der Waals surface area contributed by atoms with Crippen molar-refractivity contribution in [3.8, 4) is 16.9 Å². The summed E-state index contributed by atoms with van der Waals surface area (Å²) in [4.78, 5) is 27.8. The molecular formula is C27H25FN4O2. The second kappa shape index (κ2) is 10.6. The van der Waals surface area contributed by atoms with Crippen LogP contribution in [0.2, 0.25) is 0 Å². The van der Waals surface area contributed by atoms with Crippen LogP contribution >= 0.6 is 0 Å². The highest BCUT2D eigenvalue weighted by Gasteiger charge is 2.14. The van der Waals surface area contributed by atoms with Gasteiger partial charge in [-0.25, -0.2) is 4.39 Å². The van der Waals surface area contributed by atoms with Gasteiger partial charge in [-0.05, 0) is 90.3 Å². The molecule has 4 aromatic rings. The molecular weight excluding hydrogens is 431 g/mol. The van der Waals surface area contributed by atoms with E-state index >= 15 is 0 Å². The Bertz CT molecular complexity index is 1270. The Morgan fingerprint density at radius 3 is 2.29 bits per heavy atom. The minimum Gasteiger partial charge on any atom is -0.352 e. The first kappa shape index (κ1) is 22.9. The van der Waals surface area contributed by atoms with Crippen LogP contribution in [-0.2, 0) is 22.6 Å². The molecule has 2 amide bonds. The van der Waals surface area contributed by atoms with E-state index in [1.54, 1.807) is 24.5 Å². The number of benzene rings is 2. The topological polar surface area (TPSA) is 76.0 Å². The fraction of sp³-hybridized carbons (Fsp3) is 0.148. The SMILES string of the molecule is CC(=O)Nc1ccc(-n2c(CCC(=O)NCc3ccncc3)ccc2-c2ccc(F)cc2)cc1. The molecule has 34 heavy (non-hydrogen) atoms. The summed E-state index contributed by atoms with van der Waals surface area (Å²) in [6.45, 7) is 1.91. The molecule has 0 spiro atoms. The monoisotopic (exact) mass is 456 g/mol. The fourth-order valence-electron chi connectivity index (χ4n) is 3.75. The number of halogens is 1. The van der Waals surface area contributed by atoms with Crippen molar-refractivity contribution in [2.24, 2.45) is 0 Å². The van der Waals surface area contributed by atoms with Crippen LogP contribution in [0.25, 0.3) is 16.9 Å². The molecule has 7 heteroatoms. The number of aryl methyl sites for hydroxylation is 1. The zero-order valence-corrected chi connectivity index (χ0v) is 18.8. The Morgan fingerprint density at radius 2 is 1.62 bits per heavy atom. The molecule has 0 bridgehead atoms. The number of amides is 2. The Hall–Kier alpha value is -4.26. The largest absolute Gasteiger partial charge is 0.352 e. The number of aromatic nitrogens is 2. The molecule has 2 aromatic carbocycles. The standard InChI is InChI=1S/C27H25FN4O2/c1-19(33)31-23-6-8-24(9-7-23)32-25(10-12-26(32)21-2-4-22(28)5-3-21)11-13-27(34)30-18-20-14-16-29-17-15-20/h2-10,12,14-17H,11,13,18H2,1H3,(H,30,34)(H,31,33). The predicted molar refractivity (Wildman–Crippen MR) is 130 cm³/mol. The Kier molecular flexibility index (Phi) is 7.13. The van der Waals surface area contributed by atoms with Crippen LogP contribution in [0.1, 0.15) is 24.6 Å². The molecule has 0 aliphatic rings. The number of carbonyl (C=O) groups excluding carboxylic acids is 2. The highest BCUT2D eigenvalue weighted by atomic mass is 19.1. The van der Waals surface area contributed by atoms with Crippen molar-refractivity contribution in [3.05, 3.63) is 102 Å². The van der Waals surface area contributed by atoms with Crippen LogP contribution in [-0.4, -0.2) is 21.4 Å². The van der Waals surface area contributed by atoms with Gasteiger partial charge in [-0.3, -0.25) is 14.6 Å². The van der Waals surface area contributed by atoms with Gasteiger partial charge in [0.1, 0.15) is 5.82 Å². The van der Waals surface area contributed by atoms with Crippen molar-refractivity contribution in [1.82, 2.24) is 14.9 Å². The molecule has 2 aromatic heterocycles. The number of rotatable bonds is 8. The van der Waals surface area contributed by atoms with Gasteiger partial charge in [-0.2, -0.15) is 0 Å². The first-order chi connectivity index (χ1) is 16.5. The fourth-order valence-corrected chi connectivity index (χ4v) is 3.75.